The molecule has 0 unspecified atom stereocenters. The first-order chi connectivity index (χ1) is 14.4. The number of aryl methyl sites for hydroxylation is 1. The van der Waals surface area contributed by atoms with Gasteiger partial charge in [-0.3, -0.25) is 9.69 Å². The summed E-state index contributed by atoms with van der Waals surface area (Å²) in [5.74, 6) is 2.77. The van der Waals surface area contributed by atoms with Gasteiger partial charge in [0.2, 0.25) is 0 Å². The van der Waals surface area contributed by atoms with Crippen molar-refractivity contribution in [2.75, 3.05) is 21.3 Å². The number of thiophene rings is 1. The Morgan fingerprint density at radius 2 is 2.00 bits per heavy atom. The highest BCUT2D eigenvalue weighted by Crippen LogP contribution is 2.30. The number of hydrogen-bond donors (Lipinski definition) is 1. The largest absolute Gasteiger partial charge is 0.497 e. The summed E-state index contributed by atoms with van der Waals surface area (Å²) in [6.45, 7) is 7.70. The number of nitrogens with one attached hydrogen (secondary N) is 1. The van der Waals surface area contributed by atoms with E-state index in [-0.39, 0.29) is 5.56 Å². The Morgan fingerprint density at radius 1 is 1.23 bits per heavy atom. The van der Waals surface area contributed by atoms with Crippen molar-refractivity contribution in [2.45, 2.75) is 46.7 Å². The Balaban J connectivity index is 1.82. The molecule has 0 saturated heterocycles. The Bertz CT molecular complexity index is 1070. The maximum atomic E-state index is 12.9. The van der Waals surface area contributed by atoms with E-state index in [0.717, 1.165) is 45.7 Å². The minimum Gasteiger partial charge on any atom is -0.497 e. The molecule has 3 aromatic rings. The predicted molar refractivity (Wildman–Crippen MR) is 123 cm³/mol. The van der Waals surface area contributed by atoms with Crippen LogP contribution in [0.1, 0.15) is 42.1 Å². The normalized spacial score (nSPS) is 12.5. The van der Waals surface area contributed by atoms with Crippen molar-refractivity contribution in [3.05, 3.63) is 50.4 Å². The van der Waals surface area contributed by atoms with E-state index >= 15 is 0 Å². The van der Waals surface area contributed by atoms with Crippen molar-refractivity contribution in [1.29, 1.82) is 0 Å². The zero-order chi connectivity index (χ0) is 21.8. The van der Waals surface area contributed by atoms with Gasteiger partial charge in [-0.15, -0.1) is 11.3 Å². The number of benzene rings is 1. The van der Waals surface area contributed by atoms with Crippen LogP contribution in [-0.4, -0.2) is 36.1 Å². The molecular formula is C23H31N3O3S. The molecular weight excluding hydrogens is 398 g/mol. The van der Waals surface area contributed by atoms with Crippen molar-refractivity contribution in [2.24, 2.45) is 5.92 Å². The van der Waals surface area contributed by atoms with Gasteiger partial charge in [-0.2, -0.15) is 0 Å². The maximum Gasteiger partial charge on any atom is 0.259 e. The van der Waals surface area contributed by atoms with E-state index in [1.54, 1.807) is 25.6 Å². The number of hydrogen-bond acceptors (Lipinski definition) is 6. The summed E-state index contributed by atoms with van der Waals surface area (Å²) in [5, 5.41) is 0.765. The van der Waals surface area contributed by atoms with Gasteiger partial charge in [-0.25, -0.2) is 4.98 Å². The number of aromatic amines is 1. The van der Waals surface area contributed by atoms with E-state index in [4.69, 9.17) is 14.5 Å². The van der Waals surface area contributed by atoms with Crippen LogP contribution in [0.4, 0.5) is 0 Å². The van der Waals surface area contributed by atoms with E-state index in [1.165, 1.54) is 4.88 Å². The second kappa shape index (κ2) is 9.62. The van der Waals surface area contributed by atoms with Gasteiger partial charge in [-0.05, 0) is 37.9 Å². The summed E-state index contributed by atoms with van der Waals surface area (Å²) in [6.07, 6.45) is 2.02. The highest BCUT2D eigenvalue weighted by atomic mass is 32.1. The topological polar surface area (TPSA) is 67.5 Å². The molecule has 1 atom stereocenters. The summed E-state index contributed by atoms with van der Waals surface area (Å²) in [6, 6.07) is 5.80. The average Bonchev–Trinajstić information content (AvgIpc) is 3.03. The second-order valence-electron chi connectivity index (χ2n) is 7.90. The molecule has 0 aliphatic heterocycles. The van der Waals surface area contributed by atoms with Crippen LogP contribution in [0.2, 0.25) is 0 Å². The predicted octanol–water partition coefficient (Wildman–Crippen LogP) is 4.53. The van der Waals surface area contributed by atoms with Crippen molar-refractivity contribution in [3.63, 3.8) is 0 Å². The number of aromatic nitrogens is 2. The monoisotopic (exact) mass is 429 g/mol. The molecule has 0 amide bonds. The van der Waals surface area contributed by atoms with Crippen molar-refractivity contribution < 1.29 is 9.47 Å². The van der Waals surface area contributed by atoms with Gasteiger partial charge in [-0.1, -0.05) is 26.3 Å². The number of nitrogens with zero attached hydrogens (tertiary/aromatic N) is 2. The fraction of sp³-hybridized carbons (Fsp3) is 0.478. The fourth-order valence-electron chi connectivity index (χ4n) is 3.62. The van der Waals surface area contributed by atoms with Crippen molar-refractivity contribution >= 4 is 21.6 Å². The third-order valence-electron chi connectivity index (χ3n) is 5.52. The molecule has 1 N–H and O–H groups in total. The first-order valence-electron chi connectivity index (χ1n) is 10.3. The minimum absolute atomic E-state index is 0.0342. The molecule has 0 spiro atoms. The summed E-state index contributed by atoms with van der Waals surface area (Å²) in [4.78, 5) is 24.8. The van der Waals surface area contributed by atoms with Gasteiger partial charge in [0.25, 0.3) is 5.56 Å². The fourth-order valence-corrected chi connectivity index (χ4v) is 4.69. The molecule has 7 heteroatoms. The molecule has 0 bridgehead atoms. The van der Waals surface area contributed by atoms with Crippen LogP contribution >= 0.6 is 11.3 Å². The first-order valence-corrected chi connectivity index (χ1v) is 11.1. The van der Waals surface area contributed by atoms with Gasteiger partial charge in [0.15, 0.2) is 0 Å². The third kappa shape index (κ3) is 4.84. The third-order valence-corrected chi connectivity index (χ3v) is 6.56. The highest BCUT2D eigenvalue weighted by Gasteiger charge is 2.17. The zero-order valence-electron chi connectivity index (χ0n) is 18.7. The summed E-state index contributed by atoms with van der Waals surface area (Å²) in [5.41, 5.74) is 2.17. The Labute approximate surface area is 181 Å². The Morgan fingerprint density at radius 3 is 2.67 bits per heavy atom. The first kappa shape index (κ1) is 22.3. The summed E-state index contributed by atoms with van der Waals surface area (Å²) >= 11 is 1.62. The number of ether oxygens (including phenoxy) is 2. The van der Waals surface area contributed by atoms with Crippen LogP contribution in [0, 0.1) is 12.8 Å². The van der Waals surface area contributed by atoms with Gasteiger partial charge >= 0.3 is 0 Å². The quantitative estimate of drug-likeness (QED) is 0.541. The molecule has 2 aromatic heterocycles. The minimum atomic E-state index is -0.0342. The van der Waals surface area contributed by atoms with Crippen LogP contribution in [0.5, 0.6) is 11.5 Å². The van der Waals surface area contributed by atoms with Crippen LogP contribution in [0.3, 0.4) is 0 Å². The van der Waals surface area contributed by atoms with Crippen molar-refractivity contribution in [3.8, 4) is 11.5 Å². The lowest BCUT2D eigenvalue weighted by Crippen LogP contribution is -2.22. The summed E-state index contributed by atoms with van der Waals surface area (Å²) < 4.78 is 10.8. The van der Waals surface area contributed by atoms with Gasteiger partial charge < -0.3 is 14.5 Å². The average molecular weight is 430 g/mol. The van der Waals surface area contributed by atoms with Crippen LogP contribution in [-0.2, 0) is 19.5 Å². The second-order valence-corrected chi connectivity index (χ2v) is 9.10. The Kier molecular flexibility index (Phi) is 7.15. The van der Waals surface area contributed by atoms with E-state index in [1.807, 2.05) is 25.2 Å². The van der Waals surface area contributed by atoms with Crippen LogP contribution in [0.25, 0.3) is 10.2 Å². The number of rotatable bonds is 9. The van der Waals surface area contributed by atoms with Gasteiger partial charge in [0.05, 0.1) is 26.2 Å². The maximum absolute atomic E-state index is 12.9. The van der Waals surface area contributed by atoms with Crippen LogP contribution < -0.4 is 15.0 Å². The van der Waals surface area contributed by atoms with Gasteiger partial charge in [0, 0.05) is 23.1 Å². The smallest absolute Gasteiger partial charge is 0.259 e. The molecule has 0 saturated carbocycles. The van der Waals surface area contributed by atoms with E-state index in [9.17, 15) is 4.79 Å². The molecule has 0 radical (unpaired) electrons. The molecule has 0 aliphatic rings. The lowest BCUT2D eigenvalue weighted by atomic mass is 9.98. The van der Waals surface area contributed by atoms with Gasteiger partial charge in [0.1, 0.15) is 22.2 Å². The number of methoxy groups -OCH3 is 2. The van der Waals surface area contributed by atoms with Crippen molar-refractivity contribution in [1.82, 2.24) is 14.9 Å². The molecule has 1 aromatic carbocycles. The number of H-pyrrole nitrogens is 1. The Hall–Kier alpha value is -2.38. The van der Waals surface area contributed by atoms with E-state index < -0.39 is 0 Å². The standard InChI is InChI=1S/C23H31N3O3S/c1-7-14(2)10-18-15(3)30-23-21(18)22(27)24-20(25-23)13-26(4)12-16-8-9-17(28-5)11-19(16)29-6/h8-9,11,14H,7,10,12-13H2,1-6H3,(H,24,25,27)/t14-/m1/s1. The highest BCUT2D eigenvalue weighted by molar-refractivity contribution is 7.18. The molecule has 0 aliphatic carbocycles. The lowest BCUT2D eigenvalue weighted by Gasteiger charge is -2.18. The SMILES string of the molecule is CC[C@@H](C)Cc1c(C)sc2nc(CN(C)Cc3ccc(OC)cc3OC)[nH]c(=O)c12. The van der Waals surface area contributed by atoms with E-state index in [0.29, 0.717) is 24.8 Å². The lowest BCUT2D eigenvalue weighted by molar-refractivity contribution is 0.302. The number of fused-ring (bicyclic) bond motifs is 1. The molecule has 6 nitrogen and oxygen atoms in total. The molecule has 3 rings (SSSR count). The molecule has 0 fully saturated rings. The van der Waals surface area contributed by atoms with E-state index in [2.05, 4.69) is 30.7 Å². The van der Waals surface area contributed by atoms with Crippen LogP contribution in [0.15, 0.2) is 23.0 Å². The molecule has 2 heterocycles. The summed E-state index contributed by atoms with van der Waals surface area (Å²) in [7, 11) is 5.29. The molecule has 162 valence electrons. The molecule has 30 heavy (non-hydrogen) atoms. The zero-order valence-corrected chi connectivity index (χ0v) is 19.5.